The fourth-order valence-corrected chi connectivity index (χ4v) is 4.48. The van der Waals surface area contributed by atoms with Crippen LogP contribution in [0.4, 0.5) is 17.6 Å². The molecule has 0 aliphatic rings. The first-order valence-corrected chi connectivity index (χ1v) is 16.4. The summed E-state index contributed by atoms with van der Waals surface area (Å²) < 4.78 is 0. The number of nitrogens with one attached hydrogen (secondary N) is 2. The molecule has 0 aliphatic carbocycles. The molecule has 7 nitrogen and oxygen atoms in total. The summed E-state index contributed by atoms with van der Waals surface area (Å²) in [5, 5.41) is 6.67. The standard InChI is InChI=1S/C42H37N7/c1-3-5-27-44-40-17-9-15-36(46-40)23-19-32-11-7-13-34(29-32)21-25-38-31-39(49-42(43)48-38)26-22-35-14-8-12-33(30-35)20-24-37-16-10-18-41(47-37)45-28-6-4-2/h7-18,29-31H,3-6,27-28H2,1-2H3,(H,44,46)(H,45,47)(H2,43,48,49). The molecule has 7 heteroatoms. The van der Waals surface area contributed by atoms with Crippen LogP contribution in [0.15, 0.2) is 91.0 Å². The van der Waals surface area contributed by atoms with E-state index >= 15 is 0 Å². The zero-order valence-corrected chi connectivity index (χ0v) is 27.8. The van der Waals surface area contributed by atoms with Gasteiger partial charge in [0, 0.05) is 41.4 Å². The number of anilines is 3. The van der Waals surface area contributed by atoms with E-state index < -0.39 is 0 Å². The minimum atomic E-state index is 0.105. The van der Waals surface area contributed by atoms with E-state index in [-0.39, 0.29) is 5.95 Å². The number of nitrogen functional groups attached to an aromatic ring is 1. The Kier molecular flexibility index (Phi) is 12.4. The van der Waals surface area contributed by atoms with Crippen molar-refractivity contribution in [2.45, 2.75) is 39.5 Å². The van der Waals surface area contributed by atoms with Gasteiger partial charge in [-0.3, -0.25) is 0 Å². The fraction of sp³-hybridized carbons (Fsp3) is 0.190. The summed E-state index contributed by atoms with van der Waals surface area (Å²) >= 11 is 0. The maximum absolute atomic E-state index is 6.01. The Bertz CT molecular complexity index is 2010. The first kappa shape index (κ1) is 33.8. The van der Waals surface area contributed by atoms with Gasteiger partial charge in [-0.15, -0.1) is 0 Å². The Morgan fingerprint density at radius 2 is 0.857 bits per heavy atom. The number of hydrogen-bond acceptors (Lipinski definition) is 7. The van der Waals surface area contributed by atoms with Crippen molar-refractivity contribution < 1.29 is 0 Å². The molecule has 3 aromatic heterocycles. The van der Waals surface area contributed by atoms with E-state index in [4.69, 9.17) is 5.73 Å². The van der Waals surface area contributed by atoms with Crippen LogP contribution in [0.3, 0.4) is 0 Å². The number of unbranched alkanes of at least 4 members (excludes halogenated alkanes) is 2. The van der Waals surface area contributed by atoms with Gasteiger partial charge in [0.2, 0.25) is 5.95 Å². The number of nitrogens with two attached hydrogens (primary N) is 1. The molecule has 0 fully saturated rings. The van der Waals surface area contributed by atoms with Gasteiger partial charge in [0.15, 0.2) is 0 Å². The predicted molar refractivity (Wildman–Crippen MR) is 199 cm³/mol. The van der Waals surface area contributed by atoms with Gasteiger partial charge in [0.25, 0.3) is 0 Å². The summed E-state index contributed by atoms with van der Waals surface area (Å²) in [5.74, 6) is 26.9. The summed E-state index contributed by atoms with van der Waals surface area (Å²) in [6, 6.07) is 28.8. The van der Waals surface area contributed by atoms with Gasteiger partial charge in [0.05, 0.1) is 0 Å². The van der Waals surface area contributed by atoms with Crippen LogP contribution in [0.2, 0.25) is 0 Å². The molecule has 0 saturated heterocycles. The van der Waals surface area contributed by atoms with Gasteiger partial charge >= 0.3 is 0 Å². The normalized spacial score (nSPS) is 9.76. The van der Waals surface area contributed by atoms with E-state index in [1.54, 1.807) is 6.07 Å². The van der Waals surface area contributed by atoms with Crippen molar-refractivity contribution in [2.75, 3.05) is 29.5 Å². The third kappa shape index (κ3) is 11.3. The van der Waals surface area contributed by atoms with Gasteiger partial charge < -0.3 is 16.4 Å². The Balaban J connectivity index is 1.26. The van der Waals surface area contributed by atoms with E-state index in [0.29, 0.717) is 22.8 Å². The number of nitrogens with zero attached hydrogens (tertiary/aromatic N) is 4. The lowest BCUT2D eigenvalue weighted by molar-refractivity contribution is 0.831. The van der Waals surface area contributed by atoms with Crippen LogP contribution in [-0.4, -0.2) is 33.0 Å². The third-order valence-corrected chi connectivity index (χ3v) is 6.98. The summed E-state index contributed by atoms with van der Waals surface area (Å²) in [7, 11) is 0. The van der Waals surface area contributed by atoms with Crippen LogP contribution < -0.4 is 16.4 Å². The van der Waals surface area contributed by atoms with Crippen LogP contribution in [0.25, 0.3) is 0 Å². The maximum atomic E-state index is 6.01. The van der Waals surface area contributed by atoms with E-state index in [2.05, 4.69) is 91.8 Å². The molecule has 0 amide bonds. The molecule has 5 aromatic rings. The second-order valence-electron chi connectivity index (χ2n) is 11.0. The molecule has 0 aliphatic heterocycles. The highest BCUT2D eigenvalue weighted by atomic mass is 15.0. The number of aromatic nitrogens is 4. The molecule has 5 rings (SSSR count). The van der Waals surface area contributed by atoms with E-state index in [1.165, 1.54) is 0 Å². The molecular formula is C42H37N7. The van der Waals surface area contributed by atoms with Crippen molar-refractivity contribution in [3.8, 4) is 47.4 Å². The first-order valence-electron chi connectivity index (χ1n) is 16.4. The number of pyridine rings is 2. The summed E-state index contributed by atoms with van der Waals surface area (Å²) in [6.45, 7) is 6.11. The Labute approximate surface area is 289 Å². The second kappa shape index (κ2) is 18.0. The molecule has 0 unspecified atom stereocenters. The van der Waals surface area contributed by atoms with E-state index in [1.807, 2.05) is 84.9 Å². The van der Waals surface area contributed by atoms with Gasteiger partial charge in [-0.05, 0) is 97.2 Å². The van der Waals surface area contributed by atoms with Crippen molar-refractivity contribution in [2.24, 2.45) is 0 Å². The van der Waals surface area contributed by atoms with Crippen molar-refractivity contribution in [3.05, 3.63) is 136 Å². The second-order valence-corrected chi connectivity index (χ2v) is 11.0. The summed E-state index contributed by atoms with van der Waals surface area (Å²) in [5.41, 5.74) is 11.6. The van der Waals surface area contributed by atoms with Crippen LogP contribution in [0.1, 0.15) is 84.6 Å². The summed E-state index contributed by atoms with van der Waals surface area (Å²) in [6.07, 6.45) is 4.45. The molecule has 3 heterocycles. The largest absolute Gasteiger partial charge is 0.370 e. The van der Waals surface area contributed by atoms with Crippen molar-refractivity contribution >= 4 is 17.6 Å². The van der Waals surface area contributed by atoms with E-state index in [9.17, 15) is 0 Å². The Morgan fingerprint density at radius 1 is 0.469 bits per heavy atom. The molecule has 0 saturated carbocycles. The van der Waals surface area contributed by atoms with Gasteiger partial charge in [-0.1, -0.05) is 74.6 Å². The SMILES string of the molecule is CCCCNc1cccc(C#Cc2cccc(C#Cc3cc(C#Cc4cccc(C#Cc5cccc(NCCCC)n5)c4)nc(N)n3)c2)n1. The van der Waals surface area contributed by atoms with Gasteiger partial charge in [0.1, 0.15) is 34.4 Å². The lowest BCUT2D eigenvalue weighted by Crippen LogP contribution is -2.03. The smallest absolute Gasteiger partial charge is 0.222 e. The highest BCUT2D eigenvalue weighted by molar-refractivity contribution is 5.52. The molecule has 0 radical (unpaired) electrons. The number of hydrogen-bond donors (Lipinski definition) is 3. The predicted octanol–water partition coefficient (Wildman–Crippen LogP) is 6.87. The molecule has 0 spiro atoms. The van der Waals surface area contributed by atoms with Crippen LogP contribution in [-0.2, 0) is 0 Å². The van der Waals surface area contributed by atoms with Crippen LogP contribution in [0, 0.1) is 47.4 Å². The lowest BCUT2D eigenvalue weighted by Gasteiger charge is -2.03. The monoisotopic (exact) mass is 639 g/mol. The van der Waals surface area contributed by atoms with E-state index in [0.717, 1.165) is 72.7 Å². The molecule has 0 atom stereocenters. The molecule has 4 N–H and O–H groups in total. The molecule has 2 aromatic carbocycles. The Hall–Kier alpha value is -6.54. The van der Waals surface area contributed by atoms with Crippen molar-refractivity contribution in [1.29, 1.82) is 0 Å². The van der Waals surface area contributed by atoms with Gasteiger partial charge in [-0.25, -0.2) is 19.9 Å². The van der Waals surface area contributed by atoms with Gasteiger partial charge in [-0.2, -0.15) is 0 Å². The average molecular weight is 640 g/mol. The molecule has 0 bridgehead atoms. The minimum absolute atomic E-state index is 0.105. The highest BCUT2D eigenvalue weighted by Crippen LogP contribution is 2.09. The number of benzene rings is 2. The number of rotatable bonds is 8. The van der Waals surface area contributed by atoms with Crippen LogP contribution >= 0.6 is 0 Å². The molecule has 240 valence electrons. The zero-order valence-electron chi connectivity index (χ0n) is 27.8. The maximum Gasteiger partial charge on any atom is 0.222 e. The molecular weight excluding hydrogens is 603 g/mol. The minimum Gasteiger partial charge on any atom is -0.370 e. The lowest BCUT2D eigenvalue weighted by atomic mass is 10.1. The van der Waals surface area contributed by atoms with Crippen molar-refractivity contribution in [1.82, 2.24) is 19.9 Å². The summed E-state index contributed by atoms with van der Waals surface area (Å²) in [4.78, 5) is 17.7. The third-order valence-electron chi connectivity index (χ3n) is 6.98. The van der Waals surface area contributed by atoms with Crippen molar-refractivity contribution in [3.63, 3.8) is 0 Å². The fourth-order valence-electron chi connectivity index (χ4n) is 4.48. The topological polar surface area (TPSA) is 102 Å². The van der Waals surface area contributed by atoms with Crippen LogP contribution in [0.5, 0.6) is 0 Å². The molecule has 49 heavy (non-hydrogen) atoms. The Morgan fingerprint density at radius 3 is 1.27 bits per heavy atom. The average Bonchev–Trinajstić information content (AvgIpc) is 3.12. The zero-order chi connectivity index (χ0) is 34.1. The first-order chi connectivity index (χ1) is 24.1. The quantitative estimate of drug-likeness (QED) is 0.126. The highest BCUT2D eigenvalue weighted by Gasteiger charge is 2.00.